The van der Waals surface area contributed by atoms with Crippen LogP contribution in [0.2, 0.25) is 5.02 Å². The lowest BCUT2D eigenvalue weighted by Crippen LogP contribution is -2.34. The van der Waals surface area contributed by atoms with Gasteiger partial charge in [0.1, 0.15) is 0 Å². The monoisotopic (exact) mass is 490 g/mol. The molecule has 2 aromatic carbocycles. The van der Waals surface area contributed by atoms with Gasteiger partial charge in [-0.25, -0.2) is 9.36 Å². The zero-order valence-corrected chi connectivity index (χ0v) is 20.1. The van der Waals surface area contributed by atoms with Gasteiger partial charge in [0.05, 0.1) is 24.3 Å². The van der Waals surface area contributed by atoms with Crippen LogP contribution in [0.1, 0.15) is 27.9 Å². The van der Waals surface area contributed by atoms with E-state index in [0.717, 1.165) is 28.1 Å². The number of nitrogens with one attached hydrogen (secondary N) is 2. The van der Waals surface area contributed by atoms with E-state index in [1.807, 2.05) is 60.1 Å². The Hall–Kier alpha value is -3.88. The second kappa shape index (κ2) is 11.0. The van der Waals surface area contributed by atoms with Gasteiger partial charge in [-0.2, -0.15) is 5.10 Å². The van der Waals surface area contributed by atoms with E-state index in [1.165, 1.54) is 4.68 Å². The highest BCUT2D eigenvalue weighted by Crippen LogP contribution is 2.16. The number of hydrogen-bond acceptors (Lipinski definition) is 5. The van der Waals surface area contributed by atoms with Gasteiger partial charge in [-0.15, -0.1) is 0 Å². The standard InChI is InChI=1S/C26H27ClN6O2/c1-18-10-12-32(31-17-23-9-11-30-33(23)22-5-3-2-4-6-22)26(35)24(18)14-25(34)29-16-20-13-21(27)8-7-19(20)15-28/h2-13,31H,14-17,28H2,1H3,(H,29,34). The van der Waals surface area contributed by atoms with Gasteiger partial charge in [-0.3, -0.25) is 9.59 Å². The van der Waals surface area contributed by atoms with Crippen LogP contribution in [0, 0.1) is 6.92 Å². The van der Waals surface area contributed by atoms with Crippen molar-refractivity contribution in [1.29, 1.82) is 0 Å². The van der Waals surface area contributed by atoms with Crippen molar-refractivity contribution >= 4 is 17.5 Å². The van der Waals surface area contributed by atoms with Crippen molar-refractivity contribution in [3.8, 4) is 5.69 Å². The summed E-state index contributed by atoms with van der Waals surface area (Å²) in [6, 6.07) is 18.9. The van der Waals surface area contributed by atoms with Crippen molar-refractivity contribution in [2.45, 2.75) is 33.0 Å². The largest absolute Gasteiger partial charge is 0.352 e. The fraction of sp³-hybridized carbons (Fsp3) is 0.192. The molecule has 8 nitrogen and oxygen atoms in total. The van der Waals surface area contributed by atoms with Crippen molar-refractivity contribution in [3.63, 3.8) is 0 Å². The van der Waals surface area contributed by atoms with E-state index in [0.29, 0.717) is 23.7 Å². The second-order valence-corrected chi connectivity index (χ2v) is 8.56. The molecule has 0 bridgehead atoms. The molecule has 0 saturated heterocycles. The van der Waals surface area contributed by atoms with E-state index in [2.05, 4.69) is 15.8 Å². The Labute approximate surface area is 208 Å². The molecule has 4 N–H and O–H groups in total. The van der Waals surface area contributed by atoms with Crippen LogP contribution in [0.25, 0.3) is 5.69 Å². The lowest BCUT2D eigenvalue weighted by molar-refractivity contribution is -0.120. The Bertz CT molecular complexity index is 1380. The maximum absolute atomic E-state index is 13.1. The van der Waals surface area contributed by atoms with Gasteiger partial charge in [0.25, 0.3) is 5.56 Å². The molecule has 0 unspecified atom stereocenters. The van der Waals surface area contributed by atoms with Crippen molar-refractivity contribution in [2.24, 2.45) is 5.73 Å². The predicted octanol–water partition coefficient (Wildman–Crippen LogP) is 3.06. The Morgan fingerprint density at radius 1 is 1.06 bits per heavy atom. The first-order chi connectivity index (χ1) is 17.0. The van der Waals surface area contributed by atoms with Crippen LogP contribution >= 0.6 is 11.6 Å². The molecule has 2 aromatic heterocycles. The van der Waals surface area contributed by atoms with Gasteiger partial charge in [-0.05, 0) is 60.0 Å². The number of carbonyl (C=O) groups is 1. The highest BCUT2D eigenvalue weighted by atomic mass is 35.5. The first-order valence-electron chi connectivity index (χ1n) is 11.2. The Balaban J connectivity index is 1.44. The Kier molecular flexibility index (Phi) is 7.64. The zero-order valence-electron chi connectivity index (χ0n) is 19.4. The summed E-state index contributed by atoms with van der Waals surface area (Å²) in [4.78, 5) is 25.8. The van der Waals surface area contributed by atoms with E-state index in [1.54, 1.807) is 24.5 Å². The first-order valence-corrected chi connectivity index (χ1v) is 11.6. The number of nitrogens with zero attached hydrogens (tertiary/aromatic N) is 3. The second-order valence-electron chi connectivity index (χ2n) is 8.13. The van der Waals surface area contributed by atoms with Crippen molar-refractivity contribution < 1.29 is 4.79 Å². The fourth-order valence-corrected chi connectivity index (χ4v) is 4.01. The van der Waals surface area contributed by atoms with Crippen LogP contribution in [-0.4, -0.2) is 20.4 Å². The first kappa shape index (κ1) is 24.3. The molecule has 0 saturated carbocycles. The average molecular weight is 491 g/mol. The predicted molar refractivity (Wildman–Crippen MR) is 137 cm³/mol. The summed E-state index contributed by atoms with van der Waals surface area (Å²) >= 11 is 6.08. The van der Waals surface area contributed by atoms with Crippen LogP contribution in [0.5, 0.6) is 0 Å². The van der Waals surface area contributed by atoms with Gasteiger partial charge in [-0.1, -0.05) is 35.9 Å². The van der Waals surface area contributed by atoms with Gasteiger partial charge >= 0.3 is 0 Å². The van der Waals surface area contributed by atoms with E-state index in [9.17, 15) is 9.59 Å². The minimum absolute atomic E-state index is 0.0341. The highest BCUT2D eigenvalue weighted by Gasteiger charge is 2.14. The summed E-state index contributed by atoms with van der Waals surface area (Å²) in [6.45, 7) is 2.83. The molecular formula is C26H27ClN6O2. The number of pyridine rings is 1. The number of benzene rings is 2. The van der Waals surface area contributed by atoms with Crippen LogP contribution in [0.3, 0.4) is 0 Å². The number of carbonyl (C=O) groups excluding carboxylic acids is 1. The van der Waals surface area contributed by atoms with Crippen molar-refractivity contribution in [1.82, 2.24) is 19.8 Å². The quantitative estimate of drug-likeness (QED) is 0.334. The van der Waals surface area contributed by atoms with Crippen molar-refractivity contribution in [2.75, 3.05) is 5.43 Å². The molecule has 35 heavy (non-hydrogen) atoms. The van der Waals surface area contributed by atoms with E-state index >= 15 is 0 Å². The van der Waals surface area contributed by atoms with Crippen molar-refractivity contribution in [3.05, 3.63) is 116 Å². The smallest absolute Gasteiger partial charge is 0.272 e. The number of amides is 1. The topological polar surface area (TPSA) is 107 Å². The summed E-state index contributed by atoms with van der Waals surface area (Å²) in [5, 5.41) is 7.82. The Morgan fingerprint density at radius 3 is 2.63 bits per heavy atom. The lowest BCUT2D eigenvalue weighted by atomic mass is 10.1. The Morgan fingerprint density at radius 2 is 1.86 bits per heavy atom. The number of hydrogen-bond donors (Lipinski definition) is 3. The molecule has 4 aromatic rings. The molecule has 0 spiro atoms. The molecule has 4 rings (SSSR count). The van der Waals surface area contributed by atoms with Gasteiger partial charge in [0, 0.05) is 36.1 Å². The molecule has 0 aliphatic rings. The third-order valence-electron chi connectivity index (χ3n) is 5.78. The summed E-state index contributed by atoms with van der Waals surface area (Å²) in [5.74, 6) is -0.256. The van der Waals surface area contributed by atoms with E-state index in [4.69, 9.17) is 17.3 Å². The molecule has 0 radical (unpaired) electrons. The molecule has 0 aliphatic carbocycles. The zero-order chi connectivity index (χ0) is 24.8. The molecule has 0 aliphatic heterocycles. The molecular weight excluding hydrogens is 464 g/mol. The summed E-state index contributed by atoms with van der Waals surface area (Å²) in [7, 11) is 0. The number of rotatable bonds is 9. The van der Waals surface area contributed by atoms with Crippen LogP contribution in [0.15, 0.2) is 77.9 Å². The highest BCUT2D eigenvalue weighted by molar-refractivity contribution is 6.30. The van der Waals surface area contributed by atoms with Crippen LogP contribution < -0.4 is 22.0 Å². The van der Waals surface area contributed by atoms with E-state index in [-0.39, 0.29) is 24.4 Å². The fourth-order valence-electron chi connectivity index (χ4n) is 3.82. The molecule has 180 valence electrons. The molecule has 2 heterocycles. The lowest BCUT2D eigenvalue weighted by Gasteiger charge is -2.14. The minimum Gasteiger partial charge on any atom is -0.352 e. The SMILES string of the molecule is Cc1ccn(NCc2ccnn2-c2ccccc2)c(=O)c1CC(=O)NCc1cc(Cl)ccc1CN. The number of para-hydroxylation sites is 1. The number of nitrogens with two attached hydrogens (primary N) is 1. The van der Waals surface area contributed by atoms with Crippen LogP contribution in [0.4, 0.5) is 0 Å². The van der Waals surface area contributed by atoms with Gasteiger partial charge in [0.2, 0.25) is 5.91 Å². The van der Waals surface area contributed by atoms with Gasteiger partial charge in [0.15, 0.2) is 0 Å². The average Bonchev–Trinajstić information content (AvgIpc) is 3.34. The third-order valence-corrected chi connectivity index (χ3v) is 6.02. The van der Waals surface area contributed by atoms with Crippen LogP contribution in [-0.2, 0) is 30.8 Å². The molecule has 0 fully saturated rings. The maximum Gasteiger partial charge on any atom is 0.272 e. The summed E-state index contributed by atoms with van der Waals surface area (Å²) < 4.78 is 3.22. The minimum atomic E-state index is -0.267. The third kappa shape index (κ3) is 5.79. The number of aryl methyl sites for hydroxylation is 1. The summed E-state index contributed by atoms with van der Waals surface area (Å²) in [5.41, 5.74) is 13.4. The molecule has 9 heteroatoms. The number of halogens is 1. The number of aromatic nitrogens is 3. The summed E-state index contributed by atoms with van der Waals surface area (Å²) in [6.07, 6.45) is 3.35. The molecule has 1 amide bonds. The molecule has 0 atom stereocenters. The van der Waals surface area contributed by atoms with E-state index < -0.39 is 0 Å². The van der Waals surface area contributed by atoms with Gasteiger partial charge < -0.3 is 16.5 Å². The maximum atomic E-state index is 13.1. The normalized spacial score (nSPS) is 10.8.